The van der Waals surface area contributed by atoms with Gasteiger partial charge in [-0.15, -0.1) is 0 Å². The van der Waals surface area contributed by atoms with Crippen molar-refractivity contribution in [1.29, 1.82) is 0 Å². The average Bonchev–Trinajstić information content (AvgIpc) is 2.81. The summed E-state index contributed by atoms with van der Waals surface area (Å²) in [5.74, 6) is -4.55. The molecule has 8 heteroatoms. The van der Waals surface area contributed by atoms with Crippen LogP contribution in [0.4, 0.5) is 18.9 Å². The third kappa shape index (κ3) is 2.80. The lowest BCUT2D eigenvalue weighted by Crippen LogP contribution is -2.28. The number of nitrogens with zero attached hydrogens (tertiary/aromatic N) is 2. The molecule has 106 valence electrons. The molecule has 1 unspecified atom stereocenters. The van der Waals surface area contributed by atoms with Crippen LogP contribution in [-0.4, -0.2) is 15.7 Å². The first-order chi connectivity index (χ1) is 9.38. The Hall–Kier alpha value is -2.35. The van der Waals surface area contributed by atoms with Gasteiger partial charge in [0.2, 0.25) is 5.91 Å². The largest absolute Gasteiger partial charge is 0.322 e. The summed E-state index contributed by atoms with van der Waals surface area (Å²) in [6.45, 7) is 0. The van der Waals surface area contributed by atoms with Gasteiger partial charge in [-0.1, -0.05) is 0 Å². The molecule has 0 aliphatic rings. The van der Waals surface area contributed by atoms with E-state index in [1.165, 1.54) is 17.1 Å². The van der Waals surface area contributed by atoms with Crippen molar-refractivity contribution in [3.05, 3.63) is 47.5 Å². The number of aromatic nitrogens is 2. The number of rotatable bonds is 3. The van der Waals surface area contributed by atoms with Crippen molar-refractivity contribution in [2.24, 2.45) is 12.8 Å². The number of anilines is 1. The predicted molar refractivity (Wildman–Crippen MR) is 65.1 cm³/mol. The van der Waals surface area contributed by atoms with Gasteiger partial charge in [-0.3, -0.25) is 9.48 Å². The summed E-state index contributed by atoms with van der Waals surface area (Å²) in [7, 11) is 1.63. The Balaban J connectivity index is 2.20. The fourth-order valence-electron chi connectivity index (χ4n) is 1.61. The van der Waals surface area contributed by atoms with E-state index >= 15 is 0 Å². The molecule has 2 rings (SSSR count). The SMILES string of the molecule is Cn1cc(C(N)C(=O)Nc2cc(F)cc(F)c2F)cn1. The van der Waals surface area contributed by atoms with Crippen LogP contribution in [0.5, 0.6) is 0 Å². The molecule has 5 nitrogen and oxygen atoms in total. The van der Waals surface area contributed by atoms with E-state index in [0.29, 0.717) is 17.7 Å². The molecule has 0 saturated carbocycles. The minimum absolute atomic E-state index is 0.381. The standard InChI is InChI=1S/C12H11F3N4O/c1-19-5-6(4-17-19)11(16)12(20)18-9-3-7(13)2-8(14)10(9)15/h2-5,11H,16H2,1H3,(H,18,20). The summed E-state index contributed by atoms with van der Waals surface area (Å²) in [5, 5.41) is 5.88. The van der Waals surface area contributed by atoms with Crippen molar-refractivity contribution in [2.45, 2.75) is 6.04 Å². The molecule has 0 saturated heterocycles. The summed E-state index contributed by atoms with van der Waals surface area (Å²) < 4.78 is 40.8. The minimum Gasteiger partial charge on any atom is -0.322 e. The lowest BCUT2D eigenvalue weighted by molar-refractivity contribution is -0.117. The summed E-state index contributed by atoms with van der Waals surface area (Å²) in [6.07, 6.45) is 2.87. The van der Waals surface area contributed by atoms with Gasteiger partial charge in [0.15, 0.2) is 11.6 Å². The Morgan fingerprint density at radius 1 is 1.40 bits per heavy atom. The van der Waals surface area contributed by atoms with Crippen LogP contribution in [-0.2, 0) is 11.8 Å². The lowest BCUT2D eigenvalue weighted by Gasteiger charge is -2.11. The number of aryl methyl sites for hydroxylation is 1. The topological polar surface area (TPSA) is 72.9 Å². The van der Waals surface area contributed by atoms with Crippen LogP contribution in [0.2, 0.25) is 0 Å². The van der Waals surface area contributed by atoms with Crippen LogP contribution in [0.3, 0.4) is 0 Å². The highest BCUT2D eigenvalue weighted by Gasteiger charge is 2.20. The quantitative estimate of drug-likeness (QED) is 0.838. The van der Waals surface area contributed by atoms with E-state index in [9.17, 15) is 18.0 Å². The maximum atomic E-state index is 13.4. The number of carbonyl (C=O) groups is 1. The lowest BCUT2D eigenvalue weighted by atomic mass is 10.1. The maximum Gasteiger partial charge on any atom is 0.246 e. The smallest absolute Gasteiger partial charge is 0.246 e. The Bertz CT molecular complexity index is 656. The molecule has 1 heterocycles. The van der Waals surface area contributed by atoms with Crippen molar-refractivity contribution in [1.82, 2.24) is 9.78 Å². The van der Waals surface area contributed by atoms with Crippen molar-refractivity contribution in [2.75, 3.05) is 5.32 Å². The first kappa shape index (κ1) is 14.1. The van der Waals surface area contributed by atoms with E-state index in [1.807, 2.05) is 5.32 Å². The van der Waals surface area contributed by atoms with Gasteiger partial charge in [0.05, 0.1) is 11.9 Å². The Kier molecular flexibility index (Phi) is 3.75. The van der Waals surface area contributed by atoms with Gasteiger partial charge < -0.3 is 11.1 Å². The number of nitrogens with one attached hydrogen (secondary N) is 1. The van der Waals surface area contributed by atoms with Crippen LogP contribution < -0.4 is 11.1 Å². The van der Waals surface area contributed by atoms with Crippen molar-refractivity contribution in [3.63, 3.8) is 0 Å². The van der Waals surface area contributed by atoms with Crippen LogP contribution in [0.25, 0.3) is 0 Å². The normalized spacial score (nSPS) is 12.2. The molecule has 2 aromatic rings. The van der Waals surface area contributed by atoms with E-state index in [2.05, 4.69) is 5.10 Å². The highest BCUT2D eigenvalue weighted by molar-refractivity contribution is 5.95. The summed E-state index contributed by atoms with van der Waals surface area (Å²) >= 11 is 0. The monoisotopic (exact) mass is 284 g/mol. The van der Waals surface area contributed by atoms with Crippen LogP contribution in [0, 0.1) is 17.5 Å². The first-order valence-corrected chi connectivity index (χ1v) is 5.58. The van der Waals surface area contributed by atoms with Gasteiger partial charge in [0.1, 0.15) is 11.9 Å². The highest BCUT2D eigenvalue weighted by atomic mass is 19.2. The molecular weight excluding hydrogens is 273 g/mol. The van der Waals surface area contributed by atoms with Crippen molar-refractivity contribution < 1.29 is 18.0 Å². The number of halogens is 3. The first-order valence-electron chi connectivity index (χ1n) is 5.58. The summed E-state index contributed by atoms with van der Waals surface area (Å²) in [4.78, 5) is 11.8. The second-order valence-electron chi connectivity index (χ2n) is 4.16. The number of nitrogens with two attached hydrogens (primary N) is 1. The molecule has 3 N–H and O–H groups in total. The molecule has 0 fully saturated rings. The zero-order valence-electron chi connectivity index (χ0n) is 10.4. The molecule has 0 spiro atoms. The Labute approximate surface area is 112 Å². The fraction of sp³-hybridized carbons (Fsp3) is 0.167. The van der Waals surface area contributed by atoms with E-state index in [4.69, 9.17) is 5.73 Å². The van der Waals surface area contributed by atoms with E-state index in [1.54, 1.807) is 7.05 Å². The average molecular weight is 284 g/mol. The molecule has 0 aliphatic heterocycles. The molecule has 1 aromatic carbocycles. The third-order valence-electron chi connectivity index (χ3n) is 2.62. The van der Waals surface area contributed by atoms with Crippen LogP contribution in [0.1, 0.15) is 11.6 Å². The van der Waals surface area contributed by atoms with Gasteiger partial charge in [0.25, 0.3) is 0 Å². The van der Waals surface area contributed by atoms with Gasteiger partial charge >= 0.3 is 0 Å². The zero-order chi connectivity index (χ0) is 14.9. The van der Waals surface area contributed by atoms with E-state index in [-0.39, 0.29) is 0 Å². The second kappa shape index (κ2) is 5.33. The van der Waals surface area contributed by atoms with Gasteiger partial charge in [-0.2, -0.15) is 5.10 Å². The van der Waals surface area contributed by atoms with E-state index < -0.39 is 35.1 Å². The predicted octanol–water partition coefficient (Wildman–Crippen LogP) is 1.48. The highest BCUT2D eigenvalue weighted by Crippen LogP contribution is 2.20. The molecule has 1 amide bonds. The zero-order valence-corrected chi connectivity index (χ0v) is 10.4. The minimum atomic E-state index is -1.39. The van der Waals surface area contributed by atoms with E-state index in [0.717, 1.165) is 0 Å². The molecule has 0 bridgehead atoms. The number of benzene rings is 1. The van der Waals surface area contributed by atoms with Crippen molar-refractivity contribution in [3.8, 4) is 0 Å². The van der Waals surface area contributed by atoms with Gasteiger partial charge in [-0.05, 0) is 0 Å². The number of hydrogen-bond donors (Lipinski definition) is 2. The summed E-state index contributed by atoms with van der Waals surface area (Å²) in [5.41, 5.74) is 5.44. The van der Waals surface area contributed by atoms with Gasteiger partial charge in [-0.25, -0.2) is 13.2 Å². The third-order valence-corrected chi connectivity index (χ3v) is 2.62. The Morgan fingerprint density at radius 3 is 2.70 bits per heavy atom. The maximum absolute atomic E-state index is 13.4. The Morgan fingerprint density at radius 2 is 2.10 bits per heavy atom. The van der Waals surface area contributed by atoms with Crippen molar-refractivity contribution >= 4 is 11.6 Å². The molecule has 1 aromatic heterocycles. The number of amides is 1. The molecule has 20 heavy (non-hydrogen) atoms. The second-order valence-corrected chi connectivity index (χ2v) is 4.16. The van der Waals surface area contributed by atoms with Crippen LogP contribution >= 0.6 is 0 Å². The molecule has 0 radical (unpaired) electrons. The molecule has 0 aliphatic carbocycles. The van der Waals surface area contributed by atoms with Gasteiger partial charge in [0, 0.05) is 30.9 Å². The molecule has 1 atom stereocenters. The number of hydrogen-bond acceptors (Lipinski definition) is 3. The number of carbonyl (C=O) groups excluding carboxylic acids is 1. The van der Waals surface area contributed by atoms with Crippen LogP contribution in [0.15, 0.2) is 24.5 Å². The molecular formula is C12H11F3N4O. The fourth-order valence-corrected chi connectivity index (χ4v) is 1.61. The summed E-state index contributed by atoms with van der Waals surface area (Å²) in [6, 6.07) is -0.0763.